The predicted octanol–water partition coefficient (Wildman–Crippen LogP) is 1.89. The van der Waals surface area contributed by atoms with Crippen LogP contribution in [0.15, 0.2) is 24.1 Å². The van der Waals surface area contributed by atoms with E-state index in [1.54, 1.807) is 0 Å². The van der Waals surface area contributed by atoms with E-state index in [4.69, 9.17) is 5.11 Å². The van der Waals surface area contributed by atoms with Crippen LogP contribution >= 0.6 is 0 Å². The van der Waals surface area contributed by atoms with Gasteiger partial charge in [0.15, 0.2) is 0 Å². The number of carboxylic acid groups (broad SMARTS) is 1. The predicted molar refractivity (Wildman–Crippen MR) is 36.3 cm³/mol. The largest absolute Gasteiger partial charge is 0.478 e. The van der Waals surface area contributed by atoms with Crippen molar-refractivity contribution in [2.75, 3.05) is 0 Å². The van der Waals surface area contributed by atoms with Crippen LogP contribution in [0.25, 0.3) is 0 Å². The molecule has 0 fully saturated rings. The fourth-order valence-electron chi connectivity index (χ4n) is 0.520. The molecule has 0 rings (SSSR count). The van der Waals surface area contributed by atoms with Gasteiger partial charge in [0.25, 0.3) is 0 Å². The van der Waals surface area contributed by atoms with Gasteiger partial charge in [-0.1, -0.05) is 6.08 Å². The highest BCUT2D eigenvalue weighted by Gasteiger charge is 2.08. The van der Waals surface area contributed by atoms with Gasteiger partial charge in [-0.2, -0.15) is 0 Å². The lowest BCUT2D eigenvalue weighted by Gasteiger charge is -1.95. The summed E-state index contributed by atoms with van der Waals surface area (Å²) in [6, 6.07) is 0. The number of carboxylic acids is 1. The summed E-state index contributed by atoms with van der Waals surface area (Å²) in [6.07, 6.45) is 1.42. The van der Waals surface area contributed by atoms with Crippen molar-refractivity contribution >= 4 is 5.97 Å². The van der Waals surface area contributed by atoms with Crippen LogP contribution in [-0.2, 0) is 4.79 Å². The molecule has 10 heavy (non-hydrogen) atoms. The van der Waals surface area contributed by atoms with E-state index in [0.717, 1.165) is 6.92 Å². The second-order valence-electron chi connectivity index (χ2n) is 1.81. The van der Waals surface area contributed by atoms with Crippen LogP contribution in [0.4, 0.5) is 4.39 Å². The van der Waals surface area contributed by atoms with Gasteiger partial charge in [0.05, 0.1) is 5.57 Å². The van der Waals surface area contributed by atoms with E-state index in [1.807, 2.05) is 0 Å². The minimum absolute atomic E-state index is 0.0671. The number of aliphatic carboxylic acids is 1. The molecule has 0 aromatic heterocycles. The lowest BCUT2D eigenvalue weighted by atomic mass is 10.2. The van der Waals surface area contributed by atoms with E-state index in [9.17, 15) is 9.18 Å². The first-order valence-corrected chi connectivity index (χ1v) is 2.79. The van der Waals surface area contributed by atoms with Gasteiger partial charge in [0, 0.05) is 0 Å². The monoisotopic (exact) mass is 144 g/mol. The molecule has 0 spiro atoms. The maximum atomic E-state index is 12.3. The van der Waals surface area contributed by atoms with E-state index in [-0.39, 0.29) is 12.0 Å². The Morgan fingerprint density at radius 1 is 1.80 bits per heavy atom. The van der Waals surface area contributed by atoms with Gasteiger partial charge >= 0.3 is 5.97 Å². The lowest BCUT2D eigenvalue weighted by molar-refractivity contribution is -0.132. The Morgan fingerprint density at radius 2 is 2.30 bits per heavy atom. The van der Waals surface area contributed by atoms with E-state index in [2.05, 4.69) is 6.58 Å². The molecule has 0 aliphatic heterocycles. The molecule has 0 heterocycles. The molecule has 2 nitrogen and oxygen atoms in total. The van der Waals surface area contributed by atoms with Crippen molar-refractivity contribution in [3.05, 3.63) is 24.1 Å². The Bertz CT molecular complexity index is 178. The van der Waals surface area contributed by atoms with E-state index in [0.29, 0.717) is 0 Å². The summed E-state index contributed by atoms with van der Waals surface area (Å²) in [4.78, 5) is 10.2. The molecule has 0 saturated heterocycles. The first kappa shape index (κ1) is 8.88. The number of hydrogen-bond donors (Lipinski definition) is 1. The van der Waals surface area contributed by atoms with E-state index >= 15 is 0 Å². The third-order valence-electron chi connectivity index (χ3n) is 1.02. The molecule has 0 radical (unpaired) electrons. The Kier molecular flexibility index (Phi) is 3.39. The Labute approximate surface area is 58.7 Å². The second-order valence-corrected chi connectivity index (χ2v) is 1.81. The van der Waals surface area contributed by atoms with Crippen molar-refractivity contribution < 1.29 is 14.3 Å². The first-order valence-electron chi connectivity index (χ1n) is 2.79. The quantitative estimate of drug-likeness (QED) is 0.485. The van der Waals surface area contributed by atoms with E-state index in [1.165, 1.54) is 6.08 Å². The summed E-state index contributed by atoms with van der Waals surface area (Å²) >= 11 is 0. The zero-order valence-corrected chi connectivity index (χ0v) is 5.72. The number of hydrogen-bond acceptors (Lipinski definition) is 1. The first-order chi connectivity index (χ1) is 4.59. The zero-order valence-electron chi connectivity index (χ0n) is 5.72. The minimum Gasteiger partial charge on any atom is -0.478 e. The second kappa shape index (κ2) is 3.82. The van der Waals surface area contributed by atoms with Crippen molar-refractivity contribution in [3.8, 4) is 0 Å². The lowest BCUT2D eigenvalue weighted by Crippen LogP contribution is -2.00. The van der Waals surface area contributed by atoms with Gasteiger partial charge < -0.3 is 5.11 Å². The Hall–Kier alpha value is -1.12. The number of allylic oxidation sites excluding steroid dienone is 2. The highest BCUT2D eigenvalue weighted by molar-refractivity contribution is 5.87. The fourth-order valence-corrected chi connectivity index (χ4v) is 0.520. The molecule has 0 aliphatic carbocycles. The molecular weight excluding hydrogens is 135 g/mol. The fraction of sp³-hybridized carbons (Fsp3) is 0.286. The minimum atomic E-state index is -1.22. The molecule has 0 atom stereocenters. The van der Waals surface area contributed by atoms with E-state index < -0.39 is 11.8 Å². The molecule has 0 aromatic rings. The molecule has 56 valence electrons. The number of halogens is 1. The molecule has 1 N–H and O–H groups in total. The summed E-state index contributed by atoms with van der Waals surface area (Å²) in [5.41, 5.74) is -0.227. The van der Waals surface area contributed by atoms with Crippen molar-refractivity contribution in [3.63, 3.8) is 0 Å². The van der Waals surface area contributed by atoms with Crippen molar-refractivity contribution in [1.29, 1.82) is 0 Å². The van der Waals surface area contributed by atoms with Crippen molar-refractivity contribution in [2.24, 2.45) is 0 Å². The normalized spacial score (nSPS) is 12.2. The maximum Gasteiger partial charge on any atom is 0.334 e. The van der Waals surface area contributed by atoms with Crippen molar-refractivity contribution in [1.82, 2.24) is 0 Å². The highest BCUT2D eigenvalue weighted by atomic mass is 19.1. The molecule has 3 heteroatoms. The summed E-state index contributed by atoms with van der Waals surface area (Å²) < 4.78 is 12.3. The Morgan fingerprint density at radius 3 is 2.40 bits per heavy atom. The van der Waals surface area contributed by atoms with Crippen LogP contribution in [0.2, 0.25) is 0 Å². The zero-order chi connectivity index (χ0) is 8.15. The van der Waals surface area contributed by atoms with Gasteiger partial charge in [-0.05, 0) is 13.3 Å². The van der Waals surface area contributed by atoms with Crippen molar-refractivity contribution in [2.45, 2.75) is 13.3 Å². The van der Waals surface area contributed by atoms with Gasteiger partial charge in [0.1, 0.15) is 5.83 Å². The standard InChI is InChI=1S/C7H9FO2/c1-3-4-6(5(2)8)7(9)10/h3H,1,4H2,2H3,(H,9,10). The summed E-state index contributed by atoms with van der Waals surface area (Å²) in [5.74, 6) is -1.88. The molecule has 0 amide bonds. The van der Waals surface area contributed by atoms with Crippen LogP contribution in [0.3, 0.4) is 0 Å². The van der Waals surface area contributed by atoms with Gasteiger partial charge in [-0.15, -0.1) is 6.58 Å². The molecule has 0 aliphatic rings. The summed E-state index contributed by atoms with van der Waals surface area (Å²) in [7, 11) is 0. The topological polar surface area (TPSA) is 37.3 Å². The third-order valence-corrected chi connectivity index (χ3v) is 1.02. The third kappa shape index (κ3) is 2.44. The van der Waals surface area contributed by atoms with Crippen LogP contribution in [0, 0.1) is 0 Å². The molecule has 0 saturated carbocycles. The summed E-state index contributed by atoms with van der Waals surface area (Å²) in [5, 5.41) is 8.33. The average Bonchev–Trinajstić information content (AvgIpc) is 1.81. The van der Waals surface area contributed by atoms with Crippen LogP contribution < -0.4 is 0 Å². The Balaban J connectivity index is 4.42. The van der Waals surface area contributed by atoms with Gasteiger partial charge in [-0.25, -0.2) is 9.18 Å². The number of rotatable bonds is 3. The number of carbonyl (C=O) groups is 1. The molecular formula is C7H9FO2. The van der Waals surface area contributed by atoms with Gasteiger partial charge in [0.2, 0.25) is 0 Å². The molecule has 0 aromatic carbocycles. The molecule has 0 unspecified atom stereocenters. The highest BCUT2D eigenvalue weighted by Crippen LogP contribution is 2.09. The van der Waals surface area contributed by atoms with Crippen LogP contribution in [-0.4, -0.2) is 11.1 Å². The van der Waals surface area contributed by atoms with Gasteiger partial charge in [-0.3, -0.25) is 0 Å². The van der Waals surface area contributed by atoms with Crippen LogP contribution in [0.5, 0.6) is 0 Å². The SMILES string of the molecule is C=CCC(C(=O)O)=C(C)F. The maximum absolute atomic E-state index is 12.3. The molecule has 0 bridgehead atoms. The van der Waals surface area contributed by atoms with Crippen LogP contribution in [0.1, 0.15) is 13.3 Å². The smallest absolute Gasteiger partial charge is 0.334 e. The summed E-state index contributed by atoms with van der Waals surface area (Å²) in [6.45, 7) is 4.42. The average molecular weight is 144 g/mol.